The van der Waals surface area contributed by atoms with Crippen molar-refractivity contribution in [3.05, 3.63) is 23.8 Å². The topological polar surface area (TPSA) is 37.8 Å². The van der Waals surface area contributed by atoms with Crippen LogP contribution in [0.25, 0.3) is 0 Å². The first kappa shape index (κ1) is 9.59. The Bertz CT molecular complexity index is 290. The lowest BCUT2D eigenvalue weighted by atomic mass is 10.00. The molecule has 0 saturated carbocycles. The highest BCUT2D eigenvalue weighted by atomic mass is 14.9. The van der Waals surface area contributed by atoms with E-state index >= 15 is 0 Å². The second-order valence-corrected chi connectivity index (χ2v) is 3.93. The van der Waals surface area contributed by atoms with Gasteiger partial charge < -0.3 is 5.32 Å². The van der Waals surface area contributed by atoms with E-state index in [1.54, 1.807) is 0 Å². The highest BCUT2D eigenvalue weighted by Crippen LogP contribution is 2.22. The van der Waals surface area contributed by atoms with Crippen LogP contribution in [-0.4, -0.2) is 23.1 Å². The molecule has 0 radical (unpaired) electrons. The van der Waals surface area contributed by atoms with E-state index < -0.39 is 0 Å². The Morgan fingerprint density at radius 2 is 2.29 bits per heavy atom. The monoisotopic (exact) mass is 191 g/mol. The van der Waals surface area contributed by atoms with Gasteiger partial charge in [-0.1, -0.05) is 0 Å². The fourth-order valence-electron chi connectivity index (χ4n) is 1.94. The van der Waals surface area contributed by atoms with Crippen LogP contribution in [0.1, 0.15) is 36.7 Å². The molecule has 3 nitrogen and oxygen atoms in total. The molecular formula is C11H17N3. The predicted molar refractivity (Wildman–Crippen MR) is 56.2 cm³/mol. The van der Waals surface area contributed by atoms with E-state index in [4.69, 9.17) is 0 Å². The Balaban J connectivity index is 2.12. The molecule has 1 fully saturated rings. The second kappa shape index (κ2) is 4.51. The molecule has 1 N–H and O–H groups in total. The van der Waals surface area contributed by atoms with Crippen LogP contribution >= 0.6 is 0 Å². The first-order chi connectivity index (χ1) is 6.86. The van der Waals surface area contributed by atoms with Gasteiger partial charge in [0.25, 0.3) is 0 Å². The Kier molecular flexibility index (Phi) is 3.09. The van der Waals surface area contributed by atoms with Gasteiger partial charge in [-0.25, -0.2) is 9.97 Å². The smallest absolute Gasteiger partial charge is 0.131 e. The summed E-state index contributed by atoms with van der Waals surface area (Å²) >= 11 is 0. The molecule has 76 valence electrons. The van der Waals surface area contributed by atoms with Crippen LogP contribution in [-0.2, 0) is 0 Å². The van der Waals surface area contributed by atoms with Crippen molar-refractivity contribution >= 4 is 0 Å². The number of hydrogen-bond donors (Lipinski definition) is 1. The zero-order valence-electron chi connectivity index (χ0n) is 8.66. The summed E-state index contributed by atoms with van der Waals surface area (Å²) in [6.45, 7) is 4.27. The minimum atomic E-state index is 0.560. The van der Waals surface area contributed by atoms with Crippen molar-refractivity contribution in [3.8, 4) is 0 Å². The molecule has 1 aliphatic rings. The fraction of sp³-hybridized carbons (Fsp3) is 0.636. The maximum absolute atomic E-state index is 4.50. The van der Waals surface area contributed by atoms with Crippen molar-refractivity contribution in [3.63, 3.8) is 0 Å². The predicted octanol–water partition coefficient (Wildman–Crippen LogP) is 1.64. The molecule has 0 spiro atoms. The van der Waals surface area contributed by atoms with E-state index in [0.29, 0.717) is 5.92 Å². The number of rotatable bonds is 1. The summed E-state index contributed by atoms with van der Waals surface area (Å²) in [6, 6.07) is 1.96. The van der Waals surface area contributed by atoms with E-state index in [2.05, 4.69) is 15.3 Å². The van der Waals surface area contributed by atoms with Gasteiger partial charge in [-0.15, -0.1) is 0 Å². The van der Waals surface area contributed by atoms with Crippen LogP contribution in [0.3, 0.4) is 0 Å². The molecule has 2 rings (SSSR count). The summed E-state index contributed by atoms with van der Waals surface area (Å²) in [5.74, 6) is 1.60. The molecule has 0 aromatic carbocycles. The number of aromatic nitrogens is 2. The second-order valence-electron chi connectivity index (χ2n) is 3.93. The summed E-state index contributed by atoms with van der Waals surface area (Å²) in [4.78, 5) is 8.87. The van der Waals surface area contributed by atoms with Gasteiger partial charge in [0.2, 0.25) is 0 Å². The lowest BCUT2D eigenvalue weighted by molar-refractivity contribution is 0.573. The van der Waals surface area contributed by atoms with Gasteiger partial charge in [-0.3, -0.25) is 0 Å². The maximum Gasteiger partial charge on any atom is 0.131 e. The fourth-order valence-corrected chi connectivity index (χ4v) is 1.94. The molecule has 1 aliphatic heterocycles. The van der Waals surface area contributed by atoms with Crippen molar-refractivity contribution in [1.82, 2.24) is 15.3 Å². The first-order valence-electron chi connectivity index (χ1n) is 5.36. The minimum absolute atomic E-state index is 0.560. The molecule has 1 saturated heterocycles. The van der Waals surface area contributed by atoms with E-state index in [9.17, 15) is 0 Å². The van der Waals surface area contributed by atoms with Gasteiger partial charge in [-0.05, 0) is 45.3 Å². The highest BCUT2D eigenvalue weighted by molar-refractivity contribution is 5.04. The average molecular weight is 191 g/mol. The summed E-state index contributed by atoms with van der Waals surface area (Å²) in [6.07, 6.45) is 5.50. The van der Waals surface area contributed by atoms with Crippen LogP contribution < -0.4 is 5.32 Å². The number of aryl methyl sites for hydroxylation is 1. The highest BCUT2D eigenvalue weighted by Gasteiger charge is 2.16. The first-order valence-corrected chi connectivity index (χ1v) is 5.36. The standard InChI is InChI=1S/C11H17N3/c1-9-4-8-13-11(14-9)10-3-2-6-12-7-5-10/h4,8,10,12H,2-3,5-7H2,1H3. The molecular weight excluding hydrogens is 174 g/mol. The van der Waals surface area contributed by atoms with Gasteiger partial charge in [0, 0.05) is 17.8 Å². The molecule has 1 aromatic heterocycles. The third kappa shape index (κ3) is 2.29. The van der Waals surface area contributed by atoms with Crippen molar-refractivity contribution in [2.24, 2.45) is 0 Å². The molecule has 3 heteroatoms. The van der Waals surface area contributed by atoms with Crippen LogP contribution in [0, 0.1) is 6.92 Å². The van der Waals surface area contributed by atoms with Gasteiger partial charge in [0.05, 0.1) is 0 Å². The van der Waals surface area contributed by atoms with Crippen molar-refractivity contribution in [1.29, 1.82) is 0 Å². The Morgan fingerprint density at radius 3 is 3.14 bits per heavy atom. The summed E-state index contributed by atoms with van der Waals surface area (Å²) in [7, 11) is 0. The molecule has 1 aromatic rings. The Labute approximate surface area is 85.0 Å². The van der Waals surface area contributed by atoms with E-state index in [-0.39, 0.29) is 0 Å². The lowest BCUT2D eigenvalue weighted by Crippen LogP contribution is -2.14. The van der Waals surface area contributed by atoms with Gasteiger partial charge in [-0.2, -0.15) is 0 Å². The van der Waals surface area contributed by atoms with Crippen molar-refractivity contribution < 1.29 is 0 Å². The Morgan fingerprint density at radius 1 is 1.36 bits per heavy atom. The number of hydrogen-bond acceptors (Lipinski definition) is 3. The third-order valence-corrected chi connectivity index (χ3v) is 2.75. The third-order valence-electron chi connectivity index (χ3n) is 2.75. The molecule has 14 heavy (non-hydrogen) atoms. The zero-order chi connectivity index (χ0) is 9.80. The van der Waals surface area contributed by atoms with Crippen molar-refractivity contribution in [2.45, 2.75) is 32.1 Å². The molecule has 0 bridgehead atoms. The quantitative estimate of drug-likeness (QED) is 0.733. The van der Waals surface area contributed by atoms with Crippen LogP contribution in [0.4, 0.5) is 0 Å². The van der Waals surface area contributed by atoms with Gasteiger partial charge in [0.15, 0.2) is 0 Å². The zero-order valence-corrected chi connectivity index (χ0v) is 8.66. The SMILES string of the molecule is Cc1ccnc(C2CCCNCC2)n1. The van der Waals surface area contributed by atoms with E-state index in [1.165, 1.54) is 19.3 Å². The largest absolute Gasteiger partial charge is 0.317 e. The Hall–Kier alpha value is -0.960. The molecule has 0 aliphatic carbocycles. The normalized spacial score (nSPS) is 23.1. The van der Waals surface area contributed by atoms with Crippen molar-refractivity contribution in [2.75, 3.05) is 13.1 Å². The molecule has 1 atom stereocenters. The minimum Gasteiger partial charge on any atom is -0.317 e. The summed E-state index contributed by atoms with van der Waals surface area (Å²) in [5, 5.41) is 3.41. The number of nitrogens with zero attached hydrogens (tertiary/aromatic N) is 2. The average Bonchev–Trinajstić information content (AvgIpc) is 2.45. The van der Waals surface area contributed by atoms with Crippen LogP contribution in [0.5, 0.6) is 0 Å². The molecule has 1 unspecified atom stereocenters. The molecule has 0 amide bonds. The molecule has 2 heterocycles. The maximum atomic E-state index is 4.50. The number of nitrogens with one attached hydrogen (secondary N) is 1. The van der Waals surface area contributed by atoms with Crippen LogP contribution in [0.2, 0.25) is 0 Å². The van der Waals surface area contributed by atoms with Gasteiger partial charge >= 0.3 is 0 Å². The van der Waals surface area contributed by atoms with Gasteiger partial charge in [0.1, 0.15) is 5.82 Å². The lowest BCUT2D eigenvalue weighted by Gasteiger charge is -2.11. The van der Waals surface area contributed by atoms with E-state index in [1.807, 2.05) is 19.2 Å². The summed E-state index contributed by atoms with van der Waals surface area (Å²) in [5.41, 5.74) is 1.08. The summed E-state index contributed by atoms with van der Waals surface area (Å²) < 4.78 is 0. The van der Waals surface area contributed by atoms with Crippen LogP contribution in [0.15, 0.2) is 12.3 Å². The van der Waals surface area contributed by atoms with E-state index in [0.717, 1.165) is 24.6 Å².